The van der Waals surface area contributed by atoms with Gasteiger partial charge in [-0.1, -0.05) is 37.3 Å². The number of aryl methyl sites for hydroxylation is 1. The molecule has 0 amide bonds. The van der Waals surface area contributed by atoms with Crippen LogP contribution in [0.25, 0.3) is 11.3 Å². The molecule has 0 aliphatic heterocycles. The first kappa shape index (κ1) is 20.9. The van der Waals surface area contributed by atoms with Crippen LogP contribution in [0.2, 0.25) is 0 Å². The summed E-state index contributed by atoms with van der Waals surface area (Å²) in [6, 6.07) is 14.6. The Bertz CT molecular complexity index is 827. The quantitative estimate of drug-likeness (QED) is 0.288. The number of rotatable bonds is 6. The first-order valence-corrected chi connectivity index (χ1v) is 10.00. The van der Waals surface area contributed by atoms with Crippen LogP contribution < -0.4 is 10.6 Å². The molecule has 0 unspecified atom stereocenters. The van der Waals surface area contributed by atoms with E-state index in [9.17, 15) is 0 Å². The van der Waals surface area contributed by atoms with Gasteiger partial charge in [-0.15, -0.1) is 46.7 Å². The number of nitrogens with zero attached hydrogens (tertiary/aromatic N) is 2. The van der Waals surface area contributed by atoms with Gasteiger partial charge in [0.05, 0.1) is 18.8 Å². The van der Waals surface area contributed by atoms with Crippen molar-refractivity contribution in [3.63, 3.8) is 0 Å². The fourth-order valence-electron chi connectivity index (χ4n) is 2.39. The Kier molecular flexibility index (Phi) is 8.53. The van der Waals surface area contributed by atoms with Crippen LogP contribution in [-0.4, -0.2) is 18.0 Å². The van der Waals surface area contributed by atoms with Crippen LogP contribution in [0, 0.1) is 0 Å². The summed E-state index contributed by atoms with van der Waals surface area (Å²) in [7, 11) is 1.79. The topological polar surface area (TPSA) is 49.3 Å². The fourth-order valence-corrected chi connectivity index (χ4v) is 4.03. The fraction of sp³-hybridized carbons (Fsp3) is 0.263. The zero-order valence-corrected chi connectivity index (χ0v) is 18.8. The second-order valence-electron chi connectivity index (χ2n) is 5.49. The minimum Gasteiger partial charge on any atom is -0.352 e. The van der Waals surface area contributed by atoms with Crippen molar-refractivity contribution < 1.29 is 0 Å². The van der Waals surface area contributed by atoms with E-state index in [1.165, 1.54) is 9.75 Å². The molecule has 0 bridgehead atoms. The Balaban J connectivity index is 0.00000243. The number of thiophene rings is 1. The molecule has 2 heterocycles. The number of guanidine groups is 1. The summed E-state index contributed by atoms with van der Waals surface area (Å²) in [4.78, 5) is 11.7. The molecule has 0 aliphatic carbocycles. The van der Waals surface area contributed by atoms with Gasteiger partial charge in [-0.05, 0) is 18.6 Å². The lowest BCUT2D eigenvalue weighted by molar-refractivity contribution is 0.811. The lowest BCUT2D eigenvalue weighted by Crippen LogP contribution is -2.36. The van der Waals surface area contributed by atoms with E-state index in [2.05, 4.69) is 52.2 Å². The number of hydrogen-bond donors (Lipinski definition) is 2. The largest absolute Gasteiger partial charge is 0.352 e. The number of halogens is 1. The molecule has 26 heavy (non-hydrogen) atoms. The average molecular weight is 498 g/mol. The van der Waals surface area contributed by atoms with Crippen LogP contribution in [-0.2, 0) is 19.5 Å². The maximum atomic E-state index is 4.69. The van der Waals surface area contributed by atoms with Crippen molar-refractivity contribution in [2.24, 2.45) is 4.99 Å². The van der Waals surface area contributed by atoms with Crippen LogP contribution in [0.1, 0.15) is 21.7 Å². The third-order valence-corrected chi connectivity index (χ3v) is 5.83. The summed E-state index contributed by atoms with van der Waals surface area (Å²) in [6.07, 6.45) is 1.09. The van der Waals surface area contributed by atoms with E-state index >= 15 is 0 Å². The van der Waals surface area contributed by atoms with Gasteiger partial charge in [0.15, 0.2) is 5.96 Å². The highest BCUT2D eigenvalue weighted by molar-refractivity contribution is 14.0. The molecule has 7 heteroatoms. The summed E-state index contributed by atoms with van der Waals surface area (Å²) >= 11 is 3.51. The van der Waals surface area contributed by atoms with Gasteiger partial charge in [-0.2, -0.15) is 0 Å². The van der Waals surface area contributed by atoms with E-state index in [1.54, 1.807) is 18.4 Å². The van der Waals surface area contributed by atoms with Gasteiger partial charge in [-0.3, -0.25) is 4.99 Å². The van der Waals surface area contributed by atoms with E-state index in [-0.39, 0.29) is 24.0 Å². The predicted molar refractivity (Wildman–Crippen MR) is 124 cm³/mol. The minimum atomic E-state index is 0. The summed E-state index contributed by atoms with van der Waals surface area (Å²) in [5, 5.41) is 9.84. The lowest BCUT2D eigenvalue weighted by Gasteiger charge is -2.09. The highest BCUT2D eigenvalue weighted by atomic mass is 127. The van der Waals surface area contributed by atoms with Crippen molar-refractivity contribution in [2.45, 2.75) is 26.4 Å². The molecular weight excluding hydrogens is 475 g/mol. The van der Waals surface area contributed by atoms with Gasteiger partial charge in [0.2, 0.25) is 0 Å². The Morgan fingerprint density at radius 1 is 1.04 bits per heavy atom. The summed E-state index contributed by atoms with van der Waals surface area (Å²) in [6.45, 7) is 3.64. The Morgan fingerprint density at radius 2 is 1.77 bits per heavy atom. The summed E-state index contributed by atoms with van der Waals surface area (Å²) < 4.78 is 0. The second kappa shape index (κ2) is 10.6. The van der Waals surface area contributed by atoms with E-state index in [1.807, 2.05) is 29.5 Å². The first-order chi connectivity index (χ1) is 12.3. The molecule has 0 saturated carbocycles. The van der Waals surface area contributed by atoms with Crippen molar-refractivity contribution in [2.75, 3.05) is 7.05 Å². The Morgan fingerprint density at radius 3 is 2.46 bits per heavy atom. The van der Waals surface area contributed by atoms with Crippen molar-refractivity contribution in [3.05, 3.63) is 62.6 Å². The van der Waals surface area contributed by atoms with Crippen LogP contribution in [0.4, 0.5) is 0 Å². The van der Waals surface area contributed by atoms with Crippen LogP contribution >= 0.6 is 46.7 Å². The van der Waals surface area contributed by atoms with Crippen molar-refractivity contribution in [3.8, 4) is 11.3 Å². The predicted octanol–water partition coefficient (Wildman–Crippen LogP) is 4.92. The Hall–Kier alpha value is -1.45. The van der Waals surface area contributed by atoms with Crippen LogP contribution in [0.5, 0.6) is 0 Å². The number of nitrogens with one attached hydrogen (secondary N) is 2. The zero-order valence-electron chi connectivity index (χ0n) is 14.9. The summed E-state index contributed by atoms with van der Waals surface area (Å²) in [5.74, 6) is 0.794. The second-order valence-corrected chi connectivity index (χ2v) is 7.69. The van der Waals surface area contributed by atoms with Gasteiger partial charge in [0, 0.05) is 27.7 Å². The van der Waals surface area contributed by atoms with Gasteiger partial charge >= 0.3 is 0 Å². The molecule has 3 rings (SSSR count). The molecule has 4 nitrogen and oxygen atoms in total. The number of benzene rings is 1. The van der Waals surface area contributed by atoms with Crippen LogP contribution in [0.15, 0.2) is 52.8 Å². The minimum absolute atomic E-state index is 0. The van der Waals surface area contributed by atoms with Crippen molar-refractivity contribution in [1.29, 1.82) is 0 Å². The number of aliphatic imine (C=N–C) groups is 1. The molecule has 0 saturated heterocycles. The van der Waals surface area contributed by atoms with E-state index in [0.717, 1.165) is 35.2 Å². The molecule has 1 aromatic carbocycles. The molecule has 2 N–H and O–H groups in total. The maximum absolute atomic E-state index is 4.69. The first-order valence-electron chi connectivity index (χ1n) is 8.30. The third-order valence-electron chi connectivity index (χ3n) is 3.75. The molecule has 0 aliphatic rings. The molecule has 3 aromatic rings. The number of aromatic nitrogens is 1. The van der Waals surface area contributed by atoms with Gasteiger partial charge in [0.1, 0.15) is 5.01 Å². The standard InChI is InChI=1S/C19H22N4S2.HI/c1-3-15-9-10-16(25-15)11-21-19(20-2)22-12-18-23-17(13-24-18)14-7-5-4-6-8-14;/h4-10,13H,3,11-12H2,1-2H3,(H2,20,21,22);1H. The van der Waals surface area contributed by atoms with Crippen molar-refractivity contribution in [1.82, 2.24) is 15.6 Å². The molecule has 0 fully saturated rings. The van der Waals surface area contributed by atoms with E-state index in [4.69, 9.17) is 4.98 Å². The van der Waals surface area contributed by atoms with Crippen LogP contribution in [0.3, 0.4) is 0 Å². The monoisotopic (exact) mass is 498 g/mol. The normalized spacial score (nSPS) is 11.1. The average Bonchev–Trinajstić information content (AvgIpc) is 3.32. The van der Waals surface area contributed by atoms with E-state index < -0.39 is 0 Å². The lowest BCUT2D eigenvalue weighted by atomic mass is 10.2. The van der Waals surface area contributed by atoms with E-state index in [0.29, 0.717) is 6.54 Å². The Labute approximate surface area is 179 Å². The molecular formula is C19H23IN4S2. The van der Waals surface area contributed by atoms with Gasteiger partial charge in [-0.25, -0.2) is 4.98 Å². The number of thiazole rings is 1. The molecule has 138 valence electrons. The van der Waals surface area contributed by atoms with Crippen molar-refractivity contribution >= 4 is 52.6 Å². The SMILES string of the molecule is CCc1ccc(CNC(=NC)NCc2nc(-c3ccccc3)cs2)s1.I. The smallest absolute Gasteiger partial charge is 0.191 e. The highest BCUT2D eigenvalue weighted by Crippen LogP contribution is 2.21. The third kappa shape index (κ3) is 5.78. The molecule has 0 radical (unpaired) electrons. The maximum Gasteiger partial charge on any atom is 0.191 e. The molecule has 0 spiro atoms. The molecule has 2 aromatic heterocycles. The highest BCUT2D eigenvalue weighted by Gasteiger charge is 2.06. The van der Waals surface area contributed by atoms with Gasteiger partial charge in [0.25, 0.3) is 0 Å². The molecule has 0 atom stereocenters. The zero-order chi connectivity index (χ0) is 17.5. The number of hydrogen-bond acceptors (Lipinski definition) is 4. The van der Waals surface area contributed by atoms with Gasteiger partial charge < -0.3 is 10.6 Å². The summed E-state index contributed by atoms with van der Waals surface area (Å²) in [5.41, 5.74) is 2.17.